The minimum atomic E-state index is -0.659. The summed E-state index contributed by atoms with van der Waals surface area (Å²) in [7, 11) is 0. The van der Waals surface area contributed by atoms with E-state index in [1.54, 1.807) is 48.5 Å². The van der Waals surface area contributed by atoms with E-state index in [1.807, 2.05) is 71.9 Å². The molecule has 16 heteroatoms. The van der Waals surface area contributed by atoms with E-state index in [0.717, 1.165) is 44.4 Å². The van der Waals surface area contributed by atoms with Crippen molar-refractivity contribution in [3.05, 3.63) is 219 Å². The van der Waals surface area contributed by atoms with E-state index >= 15 is 0 Å². The van der Waals surface area contributed by atoms with Crippen LogP contribution in [0.2, 0.25) is 0 Å². The highest BCUT2D eigenvalue weighted by molar-refractivity contribution is 6.38. The van der Waals surface area contributed by atoms with E-state index in [4.69, 9.17) is 14.2 Å². The minimum Gasteiger partial charge on any atom is -0.508 e. The Bertz CT molecular complexity index is 4350. The first-order valence-corrected chi connectivity index (χ1v) is 28.7. The van der Waals surface area contributed by atoms with Gasteiger partial charge in [0, 0.05) is 11.1 Å². The molecule has 8 aromatic rings. The van der Waals surface area contributed by atoms with Crippen molar-refractivity contribution >= 4 is 70.0 Å². The van der Waals surface area contributed by atoms with E-state index in [1.165, 1.54) is 72.8 Å². The molecule has 16 nitrogen and oxygen atoms in total. The first-order valence-electron chi connectivity index (χ1n) is 28.7. The lowest BCUT2D eigenvalue weighted by molar-refractivity contribution is 0.0908. The SMILES string of the molecule is CCC(C)(CC)Cc1cccc(Oc2ccc3c(c2)C(=O)N(c2cccc(N4C(=O)c5ccc(Oc6cc(C(C)(C)C)c(Oc7ccc8c(c7)C(=O)N(c7cccc(N9C(=O)c%10ccc(O)cc%10C9=O)c7)C8=O)cc6C(C)(C)C)cc5C4=O)c2)C3=O)c1. The molecule has 436 valence electrons. The summed E-state index contributed by atoms with van der Waals surface area (Å²) in [4.78, 5) is 116. The number of aromatic hydroxyl groups is 1. The lowest BCUT2D eigenvalue weighted by atomic mass is 9.79. The highest BCUT2D eigenvalue weighted by Crippen LogP contribution is 2.46. The van der Waals surface area contributed by atoms with E-state index in [9.17, 15) is 43.5 Å². The van der Waals surface area contributed by atoms with Crippen LogP contribution in [-0.2, 0) is 17.3 Å². The van der Waals surface area contributed by atoms with Gasteiger partial charge in [-0.2, -0.15) is 0 Å². The number of rotatable bonds is 14. The van der Waals surface area contributed by atoms with Crippen LogP contribution in [-0.4, -0.2) is 52.4 Å². The number of ether oxygens (including phenoxy) is 3. The molecule has 8 aromatic carbocycles. The Hall–Kier alpha value is -10.5. The molecule has 8 amide bonds. The molecule has 1 N–H and O–H groups in total. The van der Waals surface area contributed by atoms with Crippen molar-refractivity contribution in [1.29, 1.82) is 0 Å². The van der Waals surface area contributed by atoms with Crippen LogP contribution in [0.1, 0.15) is 175 Å². The monoisotopic (exact) mass is 1160 g/mol. The molecule has 0 fully saturated rings. The summed E-state index contributed by atoms with van der Waals surface area (Å²) in [6.45, 7) is 18.6. The predicted octanol–water partition coefficient (Wildman–Crippen LogP) is 14.9. The molecular weight excluding hydrogens is 1100 g/mol. The normalized spacial score (nSPS) is 14.8. The molecule has 0 radical (unpaired) electrons. The summed E-state index contributed by atoms with van der Waals surface area (Å²) in [5, 5.41) is 10.00. The highest BCUT2D eigenvalue weighted by atomic mass is 16.5. The Morgan fingerprint density at radius 2 is 0.667 bits per heavy atom. The van der Waals surface area contributed by atoms with Crippen molar-refractivity contribution in [2.24, 2.45) is 5.41 Å². The smallest absolute Gasteiger partial charge is 0.266 e. The molecule has 0 atom stereocenters. The Morgan fingerprint density at radius 1 is 0.345 bits per heavy atom. The quantitative estimate of drug-likeness (QED) is 0.101. The first kappa shape index (κ1) is 57.0. The second-order valence-electron chi connectivity index (χ2n) is 24.7. The second-order valence-corrected chi connectivity index (χ2v) is 24.7. The van der Waals surface area contributed by atoms with Gasteiger partial charge in [-0.3, -0.25) is 38.4 Å². The zero-order valence-electron chi connectivity index (χ0n) is 49.4. The fourth-order valence-electron chi connectivity index (χ4n) is 11.6. The minimum absolute atomic E-state index is 0.0299. The number of phenolic OH excluding ortho intramolecular Hbond substituents is 1. The summed E-state index contributed by atoms with van der Waals surface area (Å²) in [5.74, 6) is -2.67. The van der Waals surface area contributed by atoms with Gasteiger partial charge >= 0.3 is 0 Å². The predicted molar refractivity (Wildman–Crippen MR) is 328 cm³/mol. The van der Waals surface area contributed by atoms with Gasteiger partial charge in [0.05, 0.1) is 67.3 Å². The van der Waals surface area contributed by atoms with Gasteiger partial charge < -0.3 is 19.3 Å². The number of carbonyl (C=O) groups excluding carboxylic acids is 8. The molecule has 4 aliphatic rings. The standard InChI is InChI=1S/C71H60N4O12/c1-10-71(9,11-2)38-39-15-12-20-45(29-39)85-46-22-26-50-54(33-46)66(82)73(62(50)78)42-18-14-19-43(31-42)75-64(80)52-28-24-48(35-56(52)68(75)84)87-60-37-57(69(3,4)5)59(36-58(60)70(6,7)8)86-47-23-27-51-55(34-47)67(83)74(63(51)79)41-17-13-16-40(30-41)72-61(77)49-25-21-44(76)32-53(49)65(72)81/h12-37,76H,10-11,38H2,1-9H3. The van der Waals surface area contributed by atoms with Gasteiger partial charge in [0.2, 0.25) is 0 Å². The van der Waals surface area contributed by atoms with Crippen molar-refractivity contribution in [3.8, 4) is 40.2 Å². The molecule has 12 rings (SSSR count). The third-order valence-electron chi connectivity index (χ3n) is 16.8. The van der Waals surface area contributed by atoms with Crippen LogP contribution in [0.4, 0.5) is 22.7 Å². The maximum atomic E-state index is 14.4. The number of carbonyl (C=O) groups is 8. The van der Waals surface area contributed by atoms with Gasteiger partial charge in [0.15, 0.2) is 0 Å². The maximum Gasteiger partial charge on any atom is 0.266 e. The van der Waals surface area contributed by atoms with Crippen molar-refractivity contribution in [2.75, 3.05) is 19.6 Å². The molecular formula is C71H60N4O12. The highest BCUT2D eigenvalue weighted by Gasteiger charge is 2.43. The Kier molecular flexibility index (Phi) is 13.7. The number of nitrogens with zero attached hydrogens (tertiary/aromatic N) is 4. The molecule has 0 saturated heterocycles. The van der Waals surface area contributed by atoms with Crippen LogP contribution in [0.5, 0.6) is 40.2 Å². The van der Waals surface area contributed by atoms with Crippen LogP contribution >= 0.6 is 0 Å². The van der Waals surface area contributed by atoms with Crippen molar-refractivity contribution in [2.45, 2.75) is 92.4 Å². The number of anilines is 4. The molecule has 0 bridgehead atoms. The number of fused-ring (bicyclic) bond motifs is 4. The zero-order chi connectivity index (χ0) is 61.8. The van der Waals surface area contributed by atoms with Gasteiger partial charge in [-0.1, -0.05) is 99.4 Å². The largest absolute Gasteiger partial charge is 0.508 e. The molecule has 0 aromatic heterocycles. The van der Waals surface area contributed by atoms with E-state index < -0.39 is 58.1 Å². The van der Waals surface area contributed by atoms with Crippen LogP contribution < -0.4 is 33.8 Å². The average molecular weight is 1160 g/mol. The van der Waals surface area contributed by atoms with Crippen LogP contribution in [0, 0.1) is 5.41 Å². The number of amides is 8. The fraction of sp³-hybridized carbons (Fsp3) is 0.211. The molecule has 0 unspecified atom stereocenters. The summed E-state index contributed by atoms with van der Waals surface area (Å²) in [5.41, 5.74) is 3.05. The summed E-state index contributed by atoms with van der Waals surface area (Å²) in [6.07, 6.45) is 2.95. The van der Waals surface area contributed by atoms with E-state index in [2.05, 4.69) is 26.8 Å². The van der Waals surface area contributed by atoms with E-state index in [0.29, 0.717) is 34.1 Å². The average Bonchev–Trinajstić information content (AvgIpc) is 1.85. The Morgan fingerprint density at radius 3 is 1.03 bits per heavy atom. The molecule has 0 saturated carbocycles. The molecule has 87 heavy (non-hydrogen) atoms. The van der Waals surface area contributed by atoms with Gasteiger partial charge in [0.1, 0.15) is 40.2 Å². The van der Waals surface area contributed by atoms with Crippen molar-refractivity contribution in [1.82, 2.24) is 0 Å². The third kappa shape index (κ3) is 9.95. The number of imide groups is 4. The van der Waals surface area contributed by atoms with E-state index in [-0.39, 0.29) is 89.9 Å². The van der Waals surface area contributed by atoms with Gasteiger partial charge in [-0.15, -0.1) is 0 Å². The lowest BCUT2D eigenvalue weighted by Gasteiger charge is -2.29. The van der Waals surface area contributed by atoms with Crippen LogP contribution in [0.3, 0.4) is 0 Å². The van der Waals surface area contributed by atoms with Gasteiger partial charge in [0.25, 0.3) is 47.3 Å². The number of hydrogen-bond acceptors (Lipinski definition) is 12. The van der Waals surface area contributed by atoms with Crippen molar-refractivity contribution < 1.29 is 57.7 Å². The number of benzene rings is 8. The van der Waals surface area contributed by atoms with Gasteiger partial charge in [-0.25, -0.2) is 19.6 Å². The molecule has 0 spiro atoms. The summed E-state index contributed by atoms with van der Waals surface area (Å²) < 4.78 is 19.6. The zero-order valence-corrected chi connectivity index (χ0v) is 49.4. The maximum absolute atomic E-state index is 14.4. The lowest BCUT2D eigenvalue weighted by Crippen LogP contribution is -2.31. The van der Waals surface area contributed by atoms with Crippen LogP contribution in [0.15, 0.2) is 158 Å². The third-order valence-corrected chi connectivity index (χ3v) is 16.8. The molecule has 4 aliphatic heterocycles. The number of phenols is 1. The fourth-order valence-corrected chi connectivity index (χ4v) is 11.6. The Labute approximate surface area is 502 Å². The molecule has 0 aliphatic carbocycles. The Balaban J connectivity index is 0.769. The topological polar surface area (TPSA) is 197 Å². The summed E-state index contributed by atoms with van der Waals surface area (Å²) >= 11 is 0. The second kappa shape index (κ2) is 20.9. The van der Waals surface area contributed by atoms with Crippen LogP contribution in [0.25, 0.3) is 0 Å². The summed E-state index contributed by atoms with van der Waals surface area (Å²) in [6, 6.07) is 41.7. The number of hydrogen-bond donors (Lipinski definition) is 1. The van der Waals surface area contributed by atoms with Crippen molar-refractivity contribution in [3.63, 3.8) is 0 Å². The van der Waals surface area contributed by atoms with Gasteiger partial charge in [-0.05, 0) is 162 Å². The molecule has 4 heterocycles. The first-order chi connectivity index (χ1) is 41.3.